The molecule has 0 saturated carbocycles. The van der Waals surface area contributed by atoms with Gasteiger partial charge in [0.2, 0.25) is 0 Å². The van der Waals surface area contributed by atoms with E-state index >= 15 is 0 Å². The molecule has 11 heteroatoms. The molecule has 0 aromatic carbocycles. The van der Waals surface area contributed by atoms with E-state index in [0.717, 1.165) is 4.90 Å². The molecule has 1 atom stereocenters. The maximum absolute atomic E-state index is 10.2. The molecule has 0 aliphatic rings. The van der Waals surface area contributed by atoms with Crippen molar-refractivity contribution in [3.8, 4) is 0 Å². The van der Waals surface area contributed by atoms with E-state index in [2.05, 4.69) is 4.76 Å². The summed E-state index contributed by atoms with van der Waals surface area (Å²) in [5, 5.41) is 8.27. The minimum Gasteiger partial charge on any atom is -0.760 e. The van der Waals surface area contributed by atoms with Crippen molar-refractivity contribution >= 4 is 19.7 Å². The number of nitrogens with zero attached hydrogens (tertiary/aromatic N) is 2. The molecule has 0 bridgehead atoms. The molecule has 15 heavy (non-hydrogen) atoms. The molecular formula is C4H9N3Na2O5P+. The number of nitrogens with two attached hydrogens (primary N) is 1. The average Bonchev–Trinajstić information content (AvgIpc) is 1.81. The van der Waals surface area contributed by atoms with Gasteiger partial charge in [-0.3, -0.25) is 9.36 Å². The van der Waals surface area contributed by atoms with E-state index in [1.807, 2.05) is 0 Å². The third kappa shape index (κ3) is 12.8. The van der Waals surface area contributed by atoms with Gasteiger partial charge in [-0.15, -0.1) is 0 Å². The molecule has 0 aliphatic heterocycles. The van der Waals surface area contributed by atoms with Gasteiger partial charge in [-0.25, -0.2) is 0 Å². The summed E-state index contributed by atoms with van der Waals surface area (Å²) in [4.78, 5) is 29.4. The number of rotatable bonds is 3. The number of hydrogen-bond acceptors (Lipinski definition) is 3. The Bertz CT molecular complexity index is 279. The van der Waals surface area contributed by atoms with Gasteiger partial charge in [-0.2, -0.15) is 4.76 Å². The smallest absolute Gasteiger partial charge is 0.760 e. The van der Waals surface area contributed by atoms with Gasteiger partial charge in [0.1, 0.15) is 6.54 Å². The van der Waals surface area contributed by atoms with E-state index < -0.39 is 26.2 Å². The Kier molecular flexibility index (Phi) is 12.7. The number of carboxylic acid groups (broad SMARTS) is 1. The molecule has 0 spiro atoms. The number of likely N-dealkylation sites (N-methyl/N-ethyl adjacent to an activating group) is 1. The average molecular weight is 256 g/mol. The van der Waals surface area contributed by atoms with E-state index in [4.69, 9.17) is 15.7 Å². The van der Waals surface area contributed by atoms with Gasteiger partial charge in [-0.05, 0) is 0 Å². The van der Waals surface area contributed by atoms with Crippen molar-refractivity contribution in [3.05, 3.63) is 0 Å². The van der Waals surface area contributed by atoms with Crippen molar-refractivity contribution < 1.29 is 83.4 Å². The van der Waals surface area contributed by atoms with E-state index in [1.54, 1.807) is 0 Å². The first-order valence-corrected chi connectivity index (χ1v) is 4.58. The normalized spacial score (nSPS) is 14.2. The third-order valence-electron chi connectivity index (χ3n) is 0.992. The van der Waals surface area contributed by atoms with Crippen LogP contribution in [0, 0.1) is 0 Å². The summed E-state index contributed by atoms with van der Waals surface area (Å²) in [6.07, 6.45) is 0. The van der Waals surface area contributed by atoms with Gasteiger partial charge in [0.05, 0.1) is 0 Å². The summed E-state index contributed by atoms with van der Waals surface area (Å²) in [6, 6.07) is 0. The van der Waals surface area contributed by atoms with Crippen LogP contribution in [0.4, 0.5) is 0 Å². The molecule has 0 fully saturated rings. The van der Waals surface area contributed by atoms with Crippen molar-refractivity contribution in [2.75, 3.05) is 13.6 Å². The quantitative estimate of drug-likeness (QED) is 0.197. The Balaban J connectivity index is -0.000000720. The largest absolute Gasteiger partial charge is 1.00 e. The van der Waals surface area contributed by atoms with E-state index in [9.17, 15) is 14.3 Å². The molecule has 0 heterocycles. The predicted octanol–water partition coefficient (Wildman–Crippen LogP) is -8.21. The monoisotopic (exact) mass is 256 g/mol. The van der Waals surface area contributed by atoms with E-state index in [1.165, 1.54) is 7.05 Å². The molecular weight excluding hydrogens is 247 g/mol. The number of carboxylic acids is 1. The first kappa shape index (κ1) is 21.2. The molecule has 0 aliphatic carbocycles. The Hall–Kier alpha value is 0.890. The summed E-state index contributed by atoms with van der Waals surface area (Å²) >= 11 is 0. The molecule has 4 N–H and O–H groups in total. The maximum atomic E-state index is 10.2. The number of hydrogen-bond donors (Lipinski definition) is 3. The first-order chi connectivity index (χ1) is 5.72. The molecule has 0 amide bonds. The van der Waals surface area contributed by atoms with Crippen LogP contribution in [0.5, 0.6) is 0 Å². The summed E-state index contributed by atoms with van der Waals surface area (Å²) in [6.45, 7) is -0.505. The molecule has 0 saturated heterocycles. The molecule has 1 unspecified atom stereocenters. The van der Waals surface area contributed by atoms with Gasteiger partial charge in [-0.1, -0.05) is 0 Å². The fourth-order valence-electron chi connectivity index (χ4n) is 0.490. The second-order valence-corrected chi connectivity index (χ2v) is 3.38. The Morgan fingerprint density at radius 2 is 2.00 bits per heavy atom. The zero-order valence-electron chi connectivity index (χ0n) is 8.75. The zero-order valence-corrected chi connectivity index (χ0v) is 13.6. The van der Waals surface area contributed by atoms with Gasteiger partial charge in [0, 0.05) is 7.05 Å². The molecule has 0 aromatic rings. The summed E-state index contributed by atoms with van der Waals surface area (Å²) in [5.41, 5.74) is 5.03. The van der Waals surface area contributed by atoms with Gasteiger partial charge >= 0.3 is 65.1 Å². The van der Waals surface area contributed by atoms with Gasteiger partial charge in [0.25, 0.3) is 7.75 Å². The fraction of sp³-hybridized carbons (Fsp3) is 0.500. The van der Waals surface area contributed by atoms with Crippen LogP contribution in [0.15, 0.2) is 4.76 Å². The predicted molar refractivity (Wildman–Crippen MR) is 41.7 cm³/mol. The van der Waals surface area contributed by atoms with Gasteiger partial charge in [0.15, 0.2) is 5.96 Å². The van der Waals surface area contributed by atoms with Crippen molar-refractivity contribution in [3.63, 3.8) is 0 Å². The van der Waals surface area contributed by atoms with Crippen LogP contribution in [-0.4, -0.2) is 40.4 Å². The van der Waals surface area contributed by atoms with Crippen molar-refractivity contribution in [1.29, 1.82) is 0 Å². The molecule has 8 nitrogen and oxygen atoms in total. The first-order valence-electron chi connectivity index (χ1n) is 3.05. The minimum atomic E-state index is -4.84. The standard InChI is InChI=1S/C4H10N3O5P.2Na/c1-7(2-3(8)9)4(5)6-13(10,11)12;;/h2H2,1H3,(H,8,9)(H4,5,6,10,11,12);;/q;2*+1/p-1. The van der Waals surface area contributed by atoms with Crippen LogP contribution in [0.2, 0.25) is 0 Å². The van der Waals surface area contributed by atoms with Crippen LogP contribution in [-0.2, 0) is 9.36 Å². The second-order valence-electron chi connectivity index (χ2n) is 2.20. The van der Waals surface area contributed by atoms with E-state index in [-0.39, 0.29) is 59.1 Å². The van der Waals surface area contributed by atoms with Crippen molar-refractivity contribution in [2.24, 2.45) is 10.5 Å². The van der Waals surface area contributed by atoms with E-state index in [0.29, 0.717) is 0 Å². The summed E-state index contributed by atoms with van der Waals surface area (Å²) in [7, 11) is -3.62. The Morgan fingerprint density at radius 1 is 1.60 bits per heavy atom. The Morgan fingerprint density at radius 3 is 2.27 bits per heavy atom. The maximum Gasteiger partial charge on any atom is 1.00 e. The van der Waals surface area contributed by atoms with Crippen molar-refractivity contribution in [1.82, 2.24) is 4.90 Å². The SMILES string of the molecule is CN(CC(=O)O)/C(N)=N/P(=O)([O-])O.[Na+].[Na+]. The number of aliphatic carboxylic acids is 1. The third-order valence-corrected chi connectivity index (χ3v) is 1.45. The Labute approximate surface area is 131 Å². The zero-order chi connectivity index (χ0) is 10.6. The topological polar surface area (TPSA) is 139 Å². The fourth-order valence-corrected chi connectivity index (χ4v) is 0.901. The van der Waals surface area contributed by atoms with Crippen LogP contribution < -0.4 is 69.7 Å². The van der Waals surface area contributed by atoms with Crippen LogP contribution >= 0.6 is 7.75 Å². The molecule has 0 aromatic heterocycles. The number of carbonyl (C=O) groups is 1. The minimum absolute atomic E-state index is 0. The number of guanidine groups is 1. The second kappa shape index (κ2) is 8.98. The molecule has 76 valence electrons. The molecule has 0 rings (SSSR count). The summed E-state index contributed by atoms with van der Waals surface area (Å²) in [5.74, 6) is -1.78. The summed E-state index contributed by atoms with van der Waals surface area (Å²) < 4.78 is 12.8. The molecule has 0 radical (unpaired) electrons. The van der Waals surface area contributed by atoms with Crippen LogP contribution in [0.25, 0.3) is 0 Å². The van der Waals surface area contributed by atoms with Gasteiger partial charge < -0.3 is 25.5 Å². The van der Waals surface area contributed by atoms with Crippen LogP contribution in [0.3, 0.4) is 0 Å². The van der Waals surface area contributed by atoms with Crippen LogP contribution in [0.1, 0.15) is 0 Å². The van der Waals surface area contributed by atoms with Crippen molar-refractivity contribution in [2.45, 2.75) is 0 Å².